The van der Waals surface area contributed by atoms with Gasteiger partial charge in [0.05, 0.1) is 5.25 Å². The minimum Gasteiger partial charge on any atom is -0.360 e. The number of thioether (sulfide) groups is 1. The minimum absolute atomic E-state index is 0.0548. The van der Waals surface area contributed by atoms with Gasteiger partial charge in [0.2, 0.25) is 5.91 Å². The van der Waals surface area contributed by atoms with E-state index < -0.39 is 0 Å². The molecular formula is C8H12N2O2S. The van der Waals surface area contributed by atoms with Gasteiger partial charge in [-0.1, -0.05) is 5.16 Å². The van der Waals surface area contributed by atoms with Gasteiger partial charge in [0.1, 0.15) is 5.76 Å². The number of anilines is 1. The summed E-state index contributed by atoms with van der Waals surface area (Å²) in [7, 11) is 0. The average molecular weight is 200 g/mol. The lowest BCUT2D eigenvalue weighted by molar-refractivity contribution is -0.115. The summed E-state index contributed by atoms with van der Waals surface area (Å²) in [6.07, 6.45) is 1.89. The van der Waals surface area contributed by atoms with Gasteiger partial charge in [0.15, 0.2) is 5.82 Å². The summed E-state index contributed by atoms with van der Waals surface area (Å²) in [5, 5.41) is 6.23. The van der Waals surface area contributed by atoms with Crippen molar-refractivity contribution in [1.82, 2.24) is 5.16 Å². The third-order valence-electron chi connectivity index (χ3n) is 1.60. The fraction of sp³-hybridized carbons (Fsp3) is 0.500. The van der Waals surface area contributed by atoms with Crippen LogP contribution >= 0.6 is 11.8 Å². The highest BCUT2D eigenvalue weighted by molar-refractivity contribution is 7.99. The maximum Gasteiger partial charge on any atom is 0.238 e. The Morgan fingerprint density at radius 3 is 2.92 bits per heavy atom. The molecule has 0 bridgehead atoms. The zero-order chi connectivity index (χ0) is 9.84. The van der Waals surface area contributed by atoms with E-state index in [1.54, 1.807) is 13.0 Å². The van der Waals surface area contributed by atoms with E-state index in [9.17, 15) is 4.79 Å². The maximum absolute atomic E-state index is 11.3. The van der Waals surface area contributed by atoms with E-state index in [4.69, 9.17) is 4.52 Å². The van der Waals surface area contributed by atoms with Gasteiger partial charge in [0, 0.05) is 6.07 Å². The van der Waals surface area contributed by atoms with Crippen molar-refractivity contribution in [3.05, 3.63) is 11.8 Å². The van der Waals surface area contributed by atoms with Crippen LogP contribution in [0.3, 0.4) is 0 Å². The number of nitrogens with one attached hydrogen (secondary N) is 1. The van der Waals surface area contributed by atoms with E-state index in [-0.39, 0.29) is 11.2 Å². The van der Waals surface area contributed by atoms with Crippen molar-refractivity contribution in [2.24, 2.45) is 0 Å². The summed E-state index contributed by atoms with van der Waals surface area (Å²) >= 11 is 1.49. The third kappa shape index (κ3) is 2.77. The summed E-state index contributed by atoms with van der Waals surface area (Å²) in [4.78, 5) is 11.3. The maximum atomic E-state index is 11.3. The van der Waals surface area contributed by atoms with Crippen LogP contribution in [0.5, 0.6) is 0 Å². The van der Waals surface area contributed by atoms with Crippen LogP contribution in [-0.4, -0.2) is 22.6 Å². The standard InChI is InChI=1S/C8H12N2O2S/c1-5-4-7(10-12-5)9-8(11)6(2)13-3/h4,6H,1-3H3,(H,9,10,11). The van der Waals surface area contributed by atoms with Gasteiger partial charge in [-0.25, -0.2) is 0 Å². The highest BCUT2D eigenvalue weighted by Gasteiger charge is 2.12. The zero-order valence-electron chi connectivity index (χ0n) is 7.83. The number of aromatic nitrogens is 1. The average Bonchev–Trinajstić information content (AvgIpc) is 2.49. The largest absolute Gasteiger partial charge is 0.360 e. The van der Waals surface area contributed by atoms with E-state index in [1.165, 1.54) is 11.8 Å². The molecule has 0 spiro atoms. The van der Waals surface area contributed by atoms with E-state index >= 15 is 0 Å². The summed E-state index contributed by atoms with van der Waals surface area (Å²) in [5.41, 5.74) is 0. The Kier molecular flexibility index (Phi) is 3.36. The molecule has 0 aromatic carbocycles. The lowest BCUT2D eigenvalue weighted by Crippen LogP contribution is -2.22. The molecular weight excluding hydrogens is 188 g/mol. The van der Waals surface area contributed by atoms with Crippen molar-refractivity contribution >= 4 is 23.5 Å². The molecule has 0 radical (unpaired) electrons. The van der Waals surface area contributed by atoms with Crippen molar-refractivity contribution in [1.29, 1.82) is 0 Å². The summed E-state index contributed by atoms with van der Waals surface area (Å²) in [5.74, 6) is 1.11. The Hall–Kier alpha value is -0.970. The van der Waals surface area contributed by atoms with Crippen LogP contribution in [0.2, 0.25) is 0 Å². The second-order valence-electron chi connectivity index (χ2n) is 2.69. The number of carbonyl (C=O) groups is 1. The molecule has 0 saturated heterocycles. The topological polar surface area (TPSA) is 55.1 Å². The first-order valence-corrected chi connectivity index (χ1v) is 5.19. The monoisotopic (exact) mass is 200 g/mol. The van der Waals surface area contributed by atoms with Gasteiger partial charge in [-0.2, -0.15) is 11.8 Å². The first-order valence-electron chi connectivity index (χ1n) is 3.90. The molecule has 0 saturated carbocycles. The Balaban J connectivity index is 2.54. The van der Waals surface area contributed by atoms with Crippen molar-refractivity contribution in [2.45, 2.75) is 19.1 Å². The Bertz CT molecular complexity index is 298. The molecule has 0 aliphatic heterocycles. The minimum atomic E-state index is -0.0722. The molecule has 1 atom stereocenters. The number of carbonyl (C=O) groups excluding carboxylic acids is 1. The van der Waals surface area contributed by atoms with Gasteiger partial charge in [-0.05, 0) is 20.1 Å². The quantitative estimate of drug-likeness (QED) is 0.806. The molecule has 1 heterocycles. The highest BCUT2D eigenvalue weighted by atomic mass is 32.2. The van der Waals surface area contributed by atoms with Crippen LogP contribution in [0.15, 0.2) is 10.6 Å². The lowest BCUT2D eigenvalue weighted by atomic mass is 10.4. The molecule has 0 aliphatic carbocycles. The zero-order valence-corrected chi connectivity index (χ0v) is 8.64. The number of amides is 1. The molecule has 1 unspecified atom stereocenters. The first kappa shape index (κ1) is 10.1. The van der Waals surface area contributed by atoms with E-state index in [1.807, 2.05) is 13.2 Å². The fourth-order valence-corrected chi connectivity index (χ4v) is 1.03. The molecule has 1 aromatic rings. The molecule has 1 amide bonds. The molecule has 72 valence electrons. The molecule has 1 aromatic heterocycles. The van der Waals surface area contributed by atoms with Crippen molar-refractivity contribution in [2.75, 3.05) is 11.6 Å². The van der Waals surface area contributed by atoms with Gasteiger partial charge in [0.25, 0.3) is 0 Å². The van der Waals surface area contributed by atoms with Gasteiger partial charge in [-0.15, -0.1) is 0 Å². The molecule has 13 heavy (non-hydrogen) atoms. The highest BCUT2D eigenvalue weighted by Crippen LogP contribution is 2.11. The smallest absolute Gasteiger partial charge is 0.238 e. The molecule has 5 heteroatoms. The van der Waals surface area contributed by atoms with Gasteiger partial charge >= 0.3 is 0 Å². The van der Waals surface area contributed by atoms with Crippen LogP contribution in [0, 0.1) is 6.92 Å². The van der Waals surface area contributed by atoms with Crippen molar-refractivity contribution in [3.8, 4) is 0 Å². The van der Waals surface area contributed by atoms with Crippen LogP contribution in [0.1, 0.15) is 12.7 Å². The van der Waals surface area contributed by atoms with Crippen molar-refractivity contribution < 1.29 is 9.32 Å². The second-order valence-corrected chi connectivity index (χ2v) is 3.87. The third-order valence-corrected chi connectivity index (χ3v) is 2.52. The number of aryl methyl sites for hydroxylation is 1. The summed E-state index contributed by atoms with van der Waals surface area (Å²) in [6.45, 7) is 3.62. The van der Waals surface area contributed by atoms with Crippen LogP contribution < -0.4 is 5.32 Å². The number of hydrogen-bond donors (Lipinski definition) is 1. The molecule has 0 fully saturated rings. The van der Waals surface area contributed by atoms with Crippen LogP contribution in [0.25, 0.3) is 0 Å². The Labute approximate surface area is 81.1 Å². The normalized spacial score (nSPS) is 12.5. The molecule has 1 N–H and O–H groups in total. The van der Waals surface area contributed by atoms with Gasteiger partial charge in [-0.3, -0.25) is 4.79 Å². The molecule has 0 aliphatic rings. The van der Waals surface area contributed by atoms with E-state index in [0.29, 0.717) is 11.6 Å². The Morgan fingerprint density at radius 2 is 2.46 bits per heavy atom. The van der Waals surface area contributed by atoms with Gasteiger partial charge < -0.3 is 9.84 Å². The summed E-state index contributed by atoms with van der Waals surface area (Å²) in [6, 6.07) is 1.69. The number of hydrogen-bond acceptors (Lipinski definition) is 4. The SMILES string of the molecule is CSC(C)C(=O)Nc1cc(C)on1. The molecule has 4 nitrogen and oxygen atoms in total. The molecule has 1 rings (SSSR count). The second kappa shape index (κ2) is 4.32. The predicted octanol–water partition coefficient (Wildman–Crippen LogP) is 1.67. The van der Waals surface area contributed by atoms with Crippen molar-refractivity contribution in [3.63, 3.8) is 0 Å². The predicted molar refractivity (Wildman–Crippen MR) is 52.8 cm³/mol. The Morgan fingerprint density at radius 1 is 1.77 bits per heavy atom. The number of nitrogens with zero attached hydrogens (tertiary/aromatic N) is 1. The first-order chi connectivity index (χ1) is 6.13. The van der Waals surface area contributed by atoms with E-state index in [2.05, 4.69) is 10.5 Å². The van der Waals surface area contributed by atoms with Crippen LogP contribution in [0.4, 0.5) is 5.82 Å². The fourth-order valence-electron chi connectivity index (χ4n) is 0.760. The lowest BCUT2D eigenvalue weighted by Gasteiger charge is -2.05. The number of rotatable bonds is 3. The van der Waals surface area contributed by atoms with E-state index in [0.717, 1.165) is 0 Å². The van der Waals surface area contributed by atoms with Crippen LogP contribution in [-0.2, 0) is 4.79 Å². The summed E-state index contributed by atoms with van der Waals surface area (Å²) < 4.78 is 4.81.